The van der Waals surface area contributed by atoms with Crippen molar-refractivity contribution in [3.63, 3.8) is 0 Å². The smallest absolute Gasteiger partial charge is 0.0473 e. The number of nitrogens with one attached hydrogen (secondary N) is 1. The highest BCUT2D eigenvalue weighted by Gasteiger charge is 2.26. The van der Waals surface area contributed by atoms with E-state index in [0.29, 0.717) is 12.1 Å². The van der Waals surface area contributed by atoms with Gasteiger partial charge in [-0.15, -0.1) is 0 Å². The monoisotopic (exact) mass is 247 g/mol. The largest absolute Gasteiger partial charge is 0.311 e. The van der Waals surface area contributed by atoms with E-state index in [1.807, 2.05) is 0 Å². The predicted octanol–water partition coefficient (Wildman–Crippen LogP) is 1.58. The molecular formula is C15H25N3. The first kappa shape index (κ1) is 13.5. The summed E-state index contributed by atoms with van der Waals surface area (Å²) in [5.74, 6) is 0. The second-order valence-corrected chi connectivity index (χ2v) is 5.53. The van der Waals surface area contributed by atoms with Crippen molar-refractivity contribution in [3.05, 3.63) is 35.9 Å². The molecule has 3 heteroatoms. The lowest BCUT2D eigenvalue weighted by molar-refractivity contribution is 0.125. The molecule has 18 heavy (non-hydrogen) atoms. The van der Waals surface area contributed by atoms with Crippen molar-refractivity contribution in [2.75, 3.05) is 40.3 Å². The van der Waals surface area contributed by atoms with Crippen LogP contribution in [0.2, 0.25) is 0 Å². The summed E-state index contributed by atoms with van der Waals surface area (Å²) < 4.78 is 0. The van der Waals surface area contributed by atoms with Crippen molar-refractivity contribution < 1.29 is 0 Å². The minimum atomic E-state index is 0.516. The Kier molecular flexibility index (Phi) is 4.75. The lowest BCUT2D eigenvalue weighted by Crippen LogP contribution is -2.52. The molecule has 1 aliphatic rings. The van der Waals surface area contributed by atoms with Gasteiger partial charge in [0.25, 0.3) is 0 Å². The number of nitrogens with zero attached hydrogens (tertiary/aromatic N) is 2. The van der Waals surface area contributed by atoms with Gasteiger partial charge in [0, 0.05) is 38.3 Å². The van der Waals surface area contributed by atoms with Gasteiger partial charge in [-0.25, -0.2) is 0 Å². The van der Waals surface area contributed by atoms with Crippen LogP contribution in [-0.4, -0.2) is 56.1 Å². The second kappa shape index (κ2) is 6.32. The normalized spacial score (nSPS) is 25.6. The highest BCUT2D eigenvalue weighted by Crippen LogP contribution is 2.22. The standard InChI is InChI=1S/C15H25N3/c1-13-12-18(10-9-17(2)3)15(11-16-13)14-7-5-4-6-8-14/h4-8,13,15-16H,9-12H2,1-3H3. The molecule has 1 fully saturated rings. The molecule has 1 N–H and O–H groups in total. The van der Waals surface area contributed by atoms with Crippen LogP contribution in [0.3, 0.4) is 0 Å². The Bertz CT molecular complexity index is 350. The van der Waals surface area contributed by atoms with Gasteiger partial charge in [-0.05, 0) is 26.6 Å². The van der Waals surface area contributed by atoms with E-state index in [0.717, 1.165) is 26.2 Å². The van der Waals surface area contributed by atoms with Gasteiger partial charge >= 0.3 is 0 Å². The molecule has 1 aliphatic heterocycles. The fourth-order valence-corrected chi connectivity index (χ4v) is 2.56. The Morgan fingerprint density at radius 2 is 2.00 bits per heavy atom. The van der Waals surface area contributed by atoms with E-state index in [1.54, 1.807) is 0 Å². The number of rotatable bonds is 4. The van der Waals surface area contributed by atoms with Gasteiger partial charge in [-0.2, -0.15) is 0 Å². The predicted molar refractivity (Wildman–Crippen MR) is 76.8 cm³/mol. The molecule has 1 heterocycles. The van der Waals surface area contributed by atoms with Gasteiger partial charge < -0.3 is 10.2 Å². The molecule has 2 unspecified atom stereocenters. The van der Waals surface area contributed by atoms with Crippen LogP contribution in [0.4, 0.5) is 0 Å². The zero-order valence-corrected chi connectivity index (χ0v) is 11.8. The van der Waals surface area contributed by atoms with Crippen molar-refractivity contribution >= 4 is 0 Å². The second-order valence-electron chi connectivity index (χ2n) is 5.53. The third kappa shape index (κ3) is 3.55. The van der Waals surface area contributed by atoms with E-state index in [4.69, 9.17) is 0 Å². The summed E-state index contributed by atoms with van der Waals surface area (Å²) in [6.07, 6.45) is 0. The summed E-state index contributed by atoms with van der Waals surface area (Å²) in [5.41, 5.74) is 1.43. The molecule has 0 radical (unpaired) electrons. The molecule has 100 valence electrons. The number of benzene rings is 1. The van der Waals surface area contributed by atoms with Gasteiger partial charge in [-0.1, -0.05) is 30.3 Å². The fraction of sp³-hybridized carbons (Fsp3) is 0.600. The first-order valence-electron chi connectivity index (χ1n) is 6.84. The van der Waals surface area contributed by atoms with Crippen molar-refractivity contribution in [1.29, 1.82) is 0 Å². The topological polar surface area (TPSA) is 18.5 Å². The Balaban J connectivity index is 2.06. The van der Waals surface area contributed by atoms with Crippen LogP contribution >= 0.6 is 0 Å². The molecular weight excluding hydrogens is 222 g/mol. The maximum Gasteiger partial charge on any atom is 0.0473 e. The minimum Gasteiger partial charge on any atom is -0.311 e. The van der Waals surface area contributed by atoms with Gasteiger partial charge in [-0.3, -0.25) is 4.90 Å². The molecule has 1 aromatic rings. The zero-order chi connectivity index (χ0) is 13.0. The summed E-state index contributed by atoms with van der Waals surface area (Å²) in [6, 6.07) is 12.0. The van der Waals surface area contributed by atoms with Crippen LogP contribution in [0, 0.1) is 0 Å². The Morgan fingerprint density at radius 3 is 2.67 bits per heavy atom. The minimum absolute atomic E-state index is 0.516. The van der Waals surface area contributed by atoms with E-state index in [-0.39, 0.29) is 0 Å². The quantitative estimate of drug-likeness (QED) is 0.871. The van der Waals surface area contributed by atoms with Gasteiger partial charge in [0.15, 0.2) is 0 Å². The van der Waals surface area contributed by atoms with Gasteiger partial charge in [0.2, 0.25) is 0 Å². The molecule has 0 aliphatic carbocycles. The highest BCUT2D eigenvalue weighted by atomic mass is 15.2. The molecule has 2 rings (SSSR count). The van der Waals surface area contributed by atoms with Crippen LogP contribution in [0.15, 0.2) is 30.3 Å². The van der Waals surface area contributed by atoms with Crippen molar-refractivity contribution in [2.45, 2.75) is 19.0 Å². The third-order valence-electron chi connectivity index (χ3n) is 3.63. The number of piperazine rings is 1. The maximum absolute atomic E-state index is 3.59. The lowest BCUT2D eigenvalue weighted by Gasteiger charge is -2.40. The van der Waals surface area contributed by atoms with Crippen molar-refractivity contribution in [1.82, 2.24) is 15.1 Å². The van der Waals surface area contributed by atoms with Crippen LogP contribution in [-0.2, 0) is 0 Å². The molecule has 0 spiro atoms. The Hall–Kier alpha value is -0.900. The van der Waals surface area contributed by atoms with E-state index >= 15 is 0 Å². The Morgan fingerprint density at radius 1 is 1.28 bits per heavy atom. The molecule has 1 aromatic carbocycles. The first-order valence-corrected chi connectivity index (χ1v) is 6.84. The van der Waals surface area contributed by atoms with Crippen LogP contribution in [0.1, 0.15) is 18.5 Å². The van der Waals surface area contributed by atoms with Gasteiger partial charge in [0.1, 0.15) is 0 Å². The van der Waals surface area contributed by atoms with Gasteiger partial charge in [0.05, 0.1) is 0 Å². The molecule has 0 aromatic heterocycles. The summed E-state index contributed by atoms with van der Waals surface area (Å²) in [6.45, 7) is 6.71. The fourth-order valence-electron chi connectivity index (χ4n) is 2.56. The third-order valence-corrected chi connectivity index (χ3v) is 3.63. The van der Waals surface area contributed by atoms with Crippen molar-refractivity contribution in [2.24, 2.45) is 0 Å². The summed E-state index contributed by atoms with van der Waals surface area (Å²) in [7, 11) is 4.28. The summed E-state index contributed by atoms with van der Waals surface area (Å²) in [5, 5.41) is 3.59. The summed E-state index contributed by atoms with van der Waals surface area (Å²) >= 11 is 0. The average molecular weight is 247 g/mol. The van der Waals surface area contributed by atoms with Crippen LogP contribution < -0.4 is 5.32 Å². The van der Waals surface area contributed by atoms with Crippen LogP contribution in [0.25, 0.3) is 0 Å². The zero-order valence-electron chi connectivity index (χ0n) is 11.8. The molecule has 0 saturated carbocycles. The number of likely N-dealkylation sites (N-methyl/N-ethyl adjacent to an activating group) is 1. The van der Waals surface area contributed by atoms with E-state index < -0.39 is 0 Å². The maximum atomic E-state index is 3.59. The Labute approximate surface area is 111 Å². The summed E-state index contributed by atoms with van der Waals surface area (Å²) in [4.78, 5) is 4.87. The number of hydrogen-bond acceptors (Lipinski definition) is 3. The van der Waals surface area contributed by atoms with Crippen LogP contribution in [0.5, 0.6) is 0 Å². The number of hydrogen-bond donors (Lipinski definition) is 1. The molecule has 0 amide bonds. The van der Waals surface area contributed by atoms with E-state index in [2.05, 4.69) is 66.5 Å². The van der Waals surface area contributed by atoms with Crippen molar-refractivity contribution in [3.8, 4) is 0 Å². The SMILES string of the molecule is CC1CN(CCN(C)C)C(c2ccccc2)CN1. The molecule has 0 bridgehead atoms. The average Bonchev–Trinajstić information content (AvgIpc) is 2.37. The first-order chi connectivity index (χ1) is 8.66. The molecule has 3 nitrogen and oxygen atoms in total. The van der Waals surface area contributed by atoms with E-state index in [9.17, 15) is 0 Å². The highest BCUT2D eigenvalue weighted by molar-refractivity contribution is 5.20. The van der Waals surface area contributed by atoms with E-state index in [1.165, 1.54) is 5.56 Å². The lowest BCUT2D eigenvalue weighted by atomic mass is 10.0. The molecule has 2 atom stereocenters. The molecule has 1 saturated heterocycles.